The fourth-order valence-corrected chi connectivity index (χ4v) is 9.18. The Morgan fingerprint density at radius 3 is 2.37 bits per heavy atom. The SMILES string of the molecule is CC1=C(S(N)(=O)=O)SC(C)N1c1ccccc1S(=O)(=O)Nc1ccccc1CN[C@@H](C)CC1CCCCC1. The number of nitrogens with one attached hydrogen (secondary N) is 2. The monoisotopic (exact) mass is 578 g/mol. The van der Waals surface area contributed by atoms with Crippen LogP contribution >= 0.6 is 11.8 Å². The number of allylic oxidation sites excluding steroid dienone is 1. The molecule has 1 fully saturated rings. The predicted octanol–water partition coefficient (Wildman–Crippen LogP) is 5.31. The van der Waals surface area contributed by atoms with E-state index in [1.807, 2.05) is 25.1 Å². The number of sulfonamides is 2. The molecule has 38 heavy (non-hydrogen) atoms. The number of rotatable bonds is 10. The molecule has 1 unspecified atom stereocenters. The van der Waals surface area contributed by atoms with E-state index in [0.29, 0.717) is 29.7 Å². The van der Waals surface area contributed by atoms with Crippen LogP contribution < -0.4 is 20.1 Å². The van der Waals surface area contributed by atoms with Gasteiger partial charge in [0.2, 0.25) is 10.0 Å². The largest absolute Gasteiger partial charge is 0.330 e. The fraction of sp³-hybridized carbons (Fsp3) is 0.481. The Labute approximate surface area is 231 Å². The molecule has 0 saturated heterocycles. The maximum atomic E-state index is 13.7. The van der Waals surface area contributed by atoms with Gasteiger partial charge in [-0.1, -0.05) is 74.2 Å². The lowest BCUT2D eigenvalue weighted by Gasteiger charge is -2.27. The molecule has 1 aliphatic carbocycles. The normalized spacial score (nSPS) is 20.1. The first-order valence-electron chi connectivity index (χ1n) is 13.1. The van der Waals surface area contributed by atoms with Gasteiger partial charge in [-0.15, -0.1) is 0 Å². The van der Waals surface area contributed by atoms with Gasteiger partial charge in [0.05, 0.1) is 16.7 Å². The van der Waals surface area contributed by atoms with Gasteiger partial charge in [-0.3, -0.25) is 4.72 Å². The van der Waals surface area contributed by atoms with E-state index >= 15 is 0 Å². The van der Waals surface area contributed by atoms with E-state index in [2.05, 4.69) is 17.0 Å². The Kier molecular flexibility index (Phi) is 9.14. The molecule has 2 aliphatic rings. The lowest BCUT2D eigenvalue weighted by molar-refractivity contribution is 0.305. The van der Waals surface area contributed by atoms with Crippen molar-refractivity contribution in [1.29, 1.82) is 0 Å². The Balaban J connectivity index is 1.55. The molecule has 8 nitrogen and oxygen atoms in total. The summed E-state index contributed by atoms with van der Waals surface area (Å²) in [5, 5.41) is 8.64. The molecule has 0 bridgehead atoms. The maximum absolute atomic E-state index is 13.7. The molecular formula is C27H38N4O4S3. The molecule has 4 rings (SSSR count). The average Bonchev–Trinajstić information content (AvgIpc) is 3.18. The van der Waals surface area contributed by atoms with E-state index in [-0.39, 0.29) is 14.5 Å². The highest BCUT2D eigenvalue weighted by molar-refractivity contribution is 8.18. The van der Waals surface area contributed by atoms with E-state index < -0.39 is 20.0 Å². The van der Waals surface area contributed by atoms with Gasteiger partial charge in [-0.05, 0) is 56.9 Å². The summed E-state index contributed by atoms with van der Waals surface area (Å²) >= 11 is 1.10. The van der Waals surface area contributed by atoms with Gasteiger partial charge in [0.25, 0.3) is 10.0 Å². The third-order valence-corrected chi connectivity index (χ3v) is 11.6. The number of nitrogens with two attached hydrogens (primary N) is 1. The van der Waals surface area contributed by atoms with Crippen LogP contribution in [-0.4, -0.2) is 28.3 Å². The van der Waals surface area contributed by atoms with Gasteiger partial charge in [-0.25, -0.2) is 22.0 Å². The summed E-state index contributed by atoms with van der Waals surface area (Å²) in [5.74, 6) is 0.759. The van der Waals surface area contributed by atoms with E-state index in [9.17, 15) is 16.8 Å². The summed E-state index contributed by atoms with van der Waals surface area (Å²) in [7, 11) is -7.92. The van der Waals surface area contributed by atoms with Crippen molar-refractivity contribution in [1.82, 2.24) is 5.32 Å². The molecule has 1 saturated carbocycles. The summed E-state index contributed by atoms with van der Waals surface area (Å²) in [6.07, 6.45) is 7.69. The van der Waals surface area contributed by atoms with E-state index in [1.165, 1.54) is 38.2 Å². The third-order valence-electron chi connectivity index (χ3n) is 7.28. The van der Waals surface area contributed by atoms with Gasteiger partial charge in [-0.2, -0.15) is 0 Å². The second-order valence-electron chi connectivity index (χ2n) is 10.3. The van der Waals surface area contributed by atoms with Crippen molar-refractivity contribution < 1.29 is 16.8 Å². The molecule has 2 aromatic carbocycles. The van der Waals surface area contributed by atoms with Crippen molar-refractivity contribution in [3.8, 4) is 0 Å². The maximum Gasteiger partial charge on any atom is 0.263 e. The molecule has 0 spiro atoms. The second kappa shape index (κ2) is 12.0. The van der Waals surface area contributed by atoms with E-state index in [0.717, 1.165) is 29.7 Å². The summed E-state index contributed by atoms with van der Waals surface area (Å²) in [4.78, 5) is 1.77. The van der Waals surface area contributed by atoms with Crippen LogP contribution in [0.1, 0.15) is 64.9 Å². The molecule has 2 atom stereocenters. The molecule has 0 radical (unpaired) electrons. The minimum atomic E-state index is -4.00. The number of hydrogen-bond acceptors (Lipinski definition) is 7. The van der Waals surface area contributed by atoms with Crippen molar-refractivity contribution >= 4 is 43.2 Å². The van der Waals surface area contributed by atoms with Crippen LogP contribution in [0, 0.1) is 5.92 Å². The minimum Gasteiger partial charge on any atom is -0.330 e. The first-order chi connectivity index (χ1) is 18.0. The van der Waals surface area contributed by atoms with Crippen molar-refractivity contribution in [3.63, 3.8) is 0 Å². The number of hydrogen-bond donors (Lipinski definition) is 3. The minimum absolute atomic E-state index is 0.0453. The highest BCUT2D eigenvalue weighted by Crippen LogP contribution is 2.44. The third kappa shape index (κ3) is 6.74. The predicted molar refractivity (Wildman–Crippen MR) is 157 cm³/mol. The topological polar surface area (TPSA) is 122 Å². The summed E-state index contributed by atoms with van der Waals surface area (Å²) in [5.41, 5.74) is 2.18. The molecule has 208 valence electrons. The standard InChI is InChI=1S/C27H38N4O4S3/c1-19(17-22-11-5-4-6-12-22)29-18-23-13-7-8-14-24(23)30-38(34,35)26-16-10-9-15-25(26)31-20(2)27(36-21(31)3)37(28,32)33/h7-10,13-16,19,21-22,29-30H,4-6,11-12,17-18H2,1-3H3,(H2,28,32,33)/t19-,21?/m0/s1. The number of benzene rings is 2. The van der Waals surface area contributed by atoms with Gasteiger partial charge in [0.15, 0.2) is 0 Å². The zero-order chi connectivity index (χ0) is 27.5. The number of nitrogens with zero attached hydrogens (tertiary/aromatic N) is 1. The summed E-state index contributed by atoms with van der Waals surface area (Å²) in [6, 6.07) is 14.3. The Morgan fingerprint density at radius 1 is 1.03 bits per heavy atom. The average molecular weight is 579 g/mol. The van der Waals surface area contributed by atoms with Gasteiger partial charge >= 0.3 is 0 Å². The van der Waals surface area contributed by atoms with Gasteiger partial charge in [0, 0.05) is 18.3 Å². The quantitative estimate of drug-likeness (QED) is 0.349. The molecule has 0 amide bonds. The van der Waals surface area contributed by atoms with Crippen LogP contribution in [-0.2, 0) is 26.6 Å². The first-order valence-corrected chi connectivity index (χ1v) is 17.0. The van der Waals surface area contributed by atoms with Crippen molar-refractivity contribution in [2.45, 2.75) is 82.2 Å². The van der Waals surface area contributed by atoms with Crippen LogP contribution in [0.2, 0.25) is 0 Å². The molecule has 11 heteroatoms. The lowest BCUT2D eigenvalue weighted by atomic mass is 9.85. The highest BCUT2D eigenvalue weighted by atomic mass is 32.3. The van der Waals surface area contributed by atoms with E-state index in [1.54, 1.807) is 36.1 Å². The van der Waals surface area contributed by atoms with Gasteiger partial charge in [0.1, 0.15) is 9.13 Å². The van der Waals surface area contributed by atoms with Crippen LogP contribution in [0.4, 0.5) is 11.4 Å². The molecule has 1 heterocycles. The summed E-state index contributed by atoms with van der Waals surface area (Å²) < 4.78 is 54.4. The van der Waals surface area contributed by atoms with Gasteiger partial charge < -0.3 is 10.2 Å². The molecule has 0 aromatic heterocycles. The van der Waals surface area contributed by atoms with Crippen molar-refractivity contribution in [2.75, 3.05) is 9.62 Å². The smallest absolute Gasteiger partial charge is 0.263 e. The zero-order valence-corrected chi connectivity index (χ0v) is 24.6. The zero-order valence-electron chi connectivity index (χ0n) is 22.2. The Morgan fingerprint density at radius 2 is 1.68 bits per heavy atom. The fourth-order valence-electron chi connectivity index (χ4n) is 5.46. The number of thioether (sulfide) groups is 1. The number of para-hydroxylation sites is 2. The second-order valence-corrected chi connectivity index (χ2v) is 15.0. The summed E-state index contributed by atoms with van der Waals surface area (Å²) in [6.45, 7) is 6.20. The molecule has 1 aliphatic heterocycles. The molecular weight excluding hydrogens is 541 g/mol. The van der Waals surface area contributed by atoms with Crippen LogP contribution in [0.25, 0.3) is 0 Å². The van der Waals surface area contributed by atoms with Crippen LogP contribution in [0.5, 0.6) is 0 Å². The number of primary sulfonamides is 1. The van der Waals surface area contributed by atoms with Crippen LogP contribution in [0.15, 0.2) is 63.4 Å². The number of anilines is 2. The van der Waals surface area contributed by atoms with Crippen LogP contribution in [0.3, 0.4) is 0 Å². The van der Waals surface area contributed by atoms with Crippen molar-refractivity contribution in [2.24, 2.45) is 11.1 Å². The molecule has 4 N–H and O–H groups in total. The van der Waals surface area contributed by atoms with E-state index in [4.69, 9.17) is 5.14 Å². The highest BCUT2D eigenvalue weighted by Gasteiger charge is 2.36. The lowest BCUT2D eigenvalue weighted by Crippen LogP contribution is -2.29. The first kappa shape index (κ1) is 28.9. The Bertz CT molecular complexity index is 1390. The Hall–Kier alpha value is -2.05. The molecule has 2 aromatic rings. The van der Waals surface area contributed by atoms with Crippen molar-refractivity contribution in [3.05, 3.63) is 64.0 Å².